The number of rotatable bonds is 10. The molecule has 1 saturated carbocycles. The Morgan fingerprint density at radius 3 is 2.58 bits per heavy atom. The Morgan fingerprint density at radius 1 is 1.26 bits per heavy atom. The summed E-state index contributed by atoms with van der Waals surface area (Å²) < 4.78 is 19.2. The molecule has 1 fully saturated rings. The maximum atomic E-state index is 11.7. The number of hydrogen-bond donors (Lipinski definition) is 0. The van der Waals surface area contributed by atoms with E-state index in [1.807, 2.05) is 0 Å². The van der Waals surface area contributed by atoms with Gasteiger partial charge in [-0.3, -0.25) is 10.1 Å². The molecule has 2 heterocycles. The Morgan fingerprint density at radius 2 is 1.97 bits per heavy atom. The molecule has 0 amide bonds. The summed E-state index contributed by atoms with van der Waals surface area (Å²) in [6, 6.07) is 3.53. The van der Waals surface area contributed by atoms with Gasteiger partial charge in [0.15, 0.2) is 8.32 Å². The maximum Gasteiger partial charge on any atom is 0.353 e. The van der Waals surface area contributed by atoms with E-state index >= 15 is 0 Å². The molecule has 170 valence electrons. The zero-order valence-corrected chi connectivity index (χ0v) is 20.2. The number of nitro groups is 1. The fourth-order valence-corrected chi connectivity index (χ4v) is 3.85. The van der Waals surface area contributed by atoms with Gasteiger partial charge in [0.2, 0.25) is 5.88 Å². The van der Waals surface area contributed by atoms with Crippen LogP contribution in [0, 0.1) is 17.0 Å². The van der Waals surface area contributed by atoms with Gasteiger partial charge in [0, 0.05) is 19.2 Å². The van der Waals surface area contributed by atoms with Crippen molar-refractivity contribution in [2.24, 2.45) is 0 Å². The summed E-state index contributed by atoms with van der Waals surface area (Å²) in [5.74, 6) is 0.413. The van der Waals surface area contributed by atoms with Crippen LogP contribution in [0.5, 0.6) is 11.8 Å². The standard InChI is InChI=1S/C21H32N4O5Si/c1-15-18(25(26)27)20(28-13-8-14-29-31(5,6)21(2,3)4)23-24(15)17-9-7-12-22-19(17)30-16-10-11-16/h7,9,12,16H,8,10-11,13-14H2,1-6H3. The van der Waals surface area contributed by atoms with Gasteiger partial charge in [0.1, 0.15) is 17.5 Å². The van der Waals surface area contributed by atoms with Gasteiger partial charge in [0.25, 0.3) is 0 Å². The highest BCUT2D eigenvalue weighted by molar-refractivity contribution is 6.74. The first-order chi connectivity index (χ1) is 14.5. The van der Waals surface area contributed by atoms with E-state index in [1.165, 1.54) is 4.68 Å². The molecule has 3 rings (SSSR count). The van der Waals surface area contributed by atoms with Gasteiger partial charge in [-0.2, -0.15) is 0 Å². The average Bonchev–Trinajstić information content (AvgIpc) is 3.42. The summed E-state index contributed by atoms with van der Waals surface area (Å²) in [7, 11) is -1.83. The molecule has 0 radical (unpaired) electrons. The van der Waals surface area contributed by atoms with E-state index in [9.17, 15) is 10.1 Å². The van der Waals surface area contributed by atoms with Crippen LogP contribution >= 0.6 is 0 Å². The van der Waals surface area contributed by atoms with Crippen molar-refractivity contribution in [2.75, 3.05) is 13.2 Å². The Labute approximate surface area is 184 Å². The Hall–Kier alpha value is -2.46. The monoisotopic (exact) mass is 448 g/mol. The minimum Gasteiger partial charge on any atom is -0.473 e. The lowest BCUT2D eigenvalue weighted by molar-refractivity contribution is -0.386. The first kappa shape index (κ1) is 23.2. The van der Waals surface area contributed by atoms with Crippen molar-refractivity contribution in [1.82, 2.24) is 14.8 Å². The number of ether oxygens (including phenoxy) is 2. The number of aromatic nitrogens is 3. The van der Waals surface area contributed by atoms with Crippen LogP contribution in [0.1, 0.15) is 45.7 Å². The van der Waals surface area contributed by atoms with Crippen molar-refractivity contribution < 1.29 is 18.8 Å². The minimum absolute atomic E-state index is 0.00366. The van der Waals surface area contributed by atoms with Crippen LogP contribution in [0.3, 0.4) is 0 Å². The molecule has 0 N–H and O–H groups in total. The number of hydrogen-bond acceptors (Lipinski definition) is 7. The smallest absolute Gasteiger partial charge is 0.353 e. The van der Waals surface area contributed by atoms with Crippen LogP contribution in [-0.2, 0) is 4.43 Å². The van der Waals surface area contributed by atoms with Crippen molar-refractivity contribution in [3.63, 3.8) is 0 Å². The Bertz CT molecular complexity index is 934. The van der Waals surface area contributed by atoms with Crippen LogP contribution in [0.4, 0.5) is 5.69 Å². The van der Waals surface area contributed by atoms with Gasteiger partial charge < -0.3 is 13.9 Å². The van der Waals surface area contributed by atoms with Crippen molar-refractivity contribution in [1.29, 1.82) is 0 Å². The Balaban J connectivity index is 1.72. The molecule has 0 atom stereocenters. The minimum atomic E-state index is -1.83. The van der Waals surface area contributed by atoms with Gasteiger partial charge in [-0.25, -0.2) is 9.67 Å². The lowest BCUT2D eigenvalue weighted by Gasteiger charge is -2.36. The maximum absolute atomic E-state index is 11.7. The van der Waals surface area contributed by atoms with E-state index in [-0.39, 0.29) is 29.3 Å². The largest absolute Gasteiger partial charge is 0.473 e. The van der Waals surface area contributed by atoms with Crippen LogP contribution in [0.15, 0.2) is 18.3 Å². The van der Waals surface area contributed by atoms with Gasteiger partial charge in [-0.15, -0.1) is 5.10 Å². The summed E-state index contributed by atoms with van der Waals surface area (Å²) in [5.41, 5.74) is 0.781. The Kier molecular flexibility index (Phi) is 6.70. The first-order valence-corrected chi connectivity index (χ1v) is 13.5. The van der Waals surface area contributed by atoms with E-state index in [1.54, 1.807) is 25.3 Å². The van der Waals surface area contributed by atoms with Gasteiger partial charge in [0.05, 0.1) is 11.5 Å². The van der Waals surface area contributed by atoms with E-state index in [0.29, 0.717) is 30.3 Å². The molecule has 31 heavy (non-hydrogen) atoms. The van der Waals surface area contributed by atoms with Crippen LogP contribution in [0.25, 0.3) is 5.69 Å². The van der Waals surface area contributed by atoms with Crippen molar-refractivity contribution in [3.8, 4) is 17.4 Å². The van der Waals surface area contributed by atoms with Crippen molar-refractivity contribution in [2.45, 2.75) is 71.2 Å². The predicted octanol–water partition coefficient (Wildman–Crippen LogP) is 4.82. The molecule has 0 spiro atoms. The quantitative estimate of drug-likeness (QED) is 0.222. The van der Waals surface area contributed by atoms with Gasteiger partial charge in [-0.1, -0.05) is 20.8 Å². The zero-order valence-electron chi connectivity index (χ0n) is 19.2. The molecule has 0 bridgehead atoms. The fourth-order valence-electron chi connectivity index (χ4n) is 2.76. The molecule has 2 aromatic heterocycles. The van der Waals surface area contributed by atoms with Crippen LogP contribution < -0.4 is 9.47 Å². The number of pyridine rings is 1. The third kappa shape index (κ3) is 5.42. The highest BCUT2D eigenvalue weighted by Gasteiger charge is 2.37. The topological polar surface area (TPSA) is 102 Å². The van der Waals surface area contributed by atoms with Crippen molar-refractivity contribution in [3.05, 3.63) is 34.1 Å². The normalized spacial score (nSPS) is 14.5. The summed E-state index contributed by atoms with van der Waals surface area (Å²) in [6.07, 6.45) is 4.38. The molecule has 0 saturated heterocycles. The second-order valence-corrected chi connectivity index (χ2v) is 14.2. The molecule has 0 unspecified atom stereocenters. The average molecular weight is 449 g/mol. The molecule has 1 aliphatic rings. The van der Waals surface area contributed by atoms with Gasteiger partial charge in [-0.05, 0) is 50.0 Å². The SMILES string of the molecule is Cc1c([N+](=O)[O-])c(OCCCO[Si](C)(C)C(C)(C)C)nn1-c1cccnc1OC1CC1. The molecular weight excluding hydrogens is 416 g/mol. The van der Waals surface area contributed by atoms with E-state index < -0.39 is 13.2 Å². The predicted molar refractivity (Wildman–Crippen MR) is 120 cm³/mol. The molecule has 10 heteroatoms. The number of nitrogens with zero attached hydrogens (tertiary/aromatic N) is 4. The molecule has 1 aliphatic carbocycles. The summed E-state index contributed by atoms with van der Waals surface area (Å²) in [4.78, 5) is 15.5. The van der Waals surface area contributed by atoms with E-state index in [2.05, 4.69) is 43.9 Å². The third-order valence-electron chi connectivity index (χ3n) is 5.81. The molecular formula is C21H32N4O5Si. The third-order valence-corrected chi connectivity index (χ3v) is 10.4. The lowest BCUT2D eigenvalue weighted by Crippen LogP contribution is -2.41. The first-order valence-electron chi connectivity index (χ1n) is 10.6. The van der Waals surface area contributed by atoms with Crippen molar-refractivity contribution >= 4 is 14.0 Å². The summed E-state index contributed by atoms with van der Waals surface area (Å²) in [6.45, 7) is 13.4. The molecule has 0 aliphatic heterocycles. The summed E-state index contributed by atoms with van der Waals surface area (Å²) in [5, 5.41) is 16.2. The van der Waals surface area contributed by atoms with E-state index in [0.717, 1.165) is 12.8 Å². The second-order valence-electron chi connectivity index (χ2n) is 9.36. The molecule has 2 aromatic rings. The second kappa shape index (κ2) is 8.95. The lowest BCUT2D eigenvalue weighted by atomic mass is 10.2. The van der Waals surface area contributed by atoms with Crippen LogP contribution in [0.2, 0.25) is 18.1 Å². The van der Waals surface area contributed by atoms with Crippen LogP contribution in [-0.4, -0.2) is 47.3 Å². The highest BCUT2D eigenvalue weighted by atomic mass is 28.4. The summed E-state index contributed by atoms with van der Waals surface area (Å²) >= 11 is 0. The van der Waals surface area contributed by atoms with E-state index in [4.69, 9.17) is 13.9 Å². The zero-order chi connectivity index (χ0) is 22.8. The molecule has 0 aromatic carbocycles. The molecule has 9 nitrogen and oxygen atoms in total. The highest BCUT2D eigenvalue weighted by Crippen LogP contribution is 2.37. The van der Waals surface area contributed by atoms with Gasteiger partial charge >= 0.3 is 11.6 Å². The fraction of sp³-hybridized carbons (Fsp3) is 0.619.